The van der Waals surface area contributed by atoms with Crippen LogP contribution in [0, 0.1) is 11.3 Å². The summed E-state index contributed by atoms with van der Waals surface area (Å²) in [4.78, 5) is 0. The van der Waals surface area contributed by atoms with E-state index in [1.807, 2.05) is 6.07 Å². The van der Waals surface area contributed by atoms with Gasteiger partial charge in [-0.3, -0.25) is 0 Å². The van der Waals surface area contributed by atoms with Gasteiger partial charge in [-0.25, -0.2) is 0 Å². The normalized spacial score (nSPS) is 11.5. The summed E-state index contributed by atoms with van der Waals surface area (Å²) >= 11 is 0. The second-order valence-electron chi connectivity index (χ2n) is 11.6. The van der Waals surface area contributed by atoms with Crippen molar-refractivity contribution in [3.8, 4) is 22.9 Å². The van der Waals surface area contributed by atoms with Gasteiger partial charge in [-0.1, -0.05) is 158 Å². The van der Waals surface area contributed by atoms with Crippen LogP contribution < -0.4 is 20.7 Å². The molecule has 0 spiro atoms. The predicted molar refractivity (Wildman–Crippen MR) is 195 cm³/mol. The molecule has 3 heteroatoms. The highest BCUT2D eigenvalue weighted by atomic mass is 28.3. The second-order valence-corrected chi connectivity index (χ2v) is 15.5. The Balaban J connectivity index is 1.38. The van der Waals surface area contributed by atoms with Crippen molar-refractivity contribution >= 4 is 50.6 Å². The van der Waals surface area contributed by atoms with Crippen LogP contribution >= 0.6 is 0 Å². The molecule has 0 aliphatic rings. The molecule has 216 valence electrons. The molecule has 1 heterocycles. The average molecular weight is 603 g/mol. The maximum atomic E-state index is 10.3. The summed E-state index contributed by atoms with van der Waals surface area (Å²) in [6, 6.07) is 67.7. The predicted octanol–water partition coefficient (Wildman–Crippen LogP) is 7.70. The van der Waals surface area contributed by atoms with Crippen molar-refractivity contribution in [3.63, 3.8) is 0 Å². The van der Waals surface area contributed by atoms with Crippen molar-refractivity contribution in [2.45, 2.75) is 0 Å². The summed E-state index contributed by atoms with van der Waals surface area (Å²) in [7, 11) is -2.68. The van der Waals surface area contributed by atoms with Crippen molar-refractivity contribution in [1.82, 2.24) is 4.57 Å². The molecule has 0 aliphatic heterocycles. The second kappa shape index (κ2) is 11.5. The zero-order valence-electron chi connectivity index (χ0n) is 25.2. The van der Waals surface area contributed by atoms with Gasteiger partial charge < -0.3 is 4.57 Å². The summed E-state index contributed by atoms with van der Waals surface area (Å²) in [5.41, 5.74) is 5.93. The molecule has 0 unspecified atom stereocenters. The molecule has 0 atom stereocenters. The number of hydrogen-bond acceptors (Lipinski definition) is 1. The van der Waals surface area contributed by atoms with Crippen molar-refractivity contribution in [1.29, 1.82) is 5.26 Å². The minimum Gasteiger partial charge on any atom is -0.308 e. The monoisotopic (exact) mass is 602 g/mol. The Morgan fingerprint density at radius 2 is 0.870 bits per heavy atom. The molecule has 1 aromatic heterocycles. The Hall–Kier alpha value is -5.95. The third-order valence-electron chi connectivity index (χ3n) is 9.19. The van der Waals surface area contributed by atoms with E-state index in [1.54, 1.807) is 0 Å². The van der Waals surface area contributed by atoms with Crippen LogP contribution in [0.4, 0.5) is 0 Å². The van der Waals surface area contributed by atoms with Crippen LogP contribution in [-0.4, -0.2) is 12.6 Å². The van der Waals surface area contributed by atoms with Gasteiger partial charge in [-0.15, -0.1) is 0 Å². The minimum atomic E-state index is -2.68. The summed E-state index contributed by atoms with van der Waals surface area (Å²) in [6.45, 7) is 0. The van der Waals surface area contributed by atoms with Crippen molar-refractivity contribution in [2.24, 2.45) is 0 Å². The Labute approximate surface area is 270 Å². The van der Waals surface area contributed by atoms with Crippen molar-refractivity contribution in [2.75, 3.05) is 0 Å². The summed E-state index contributed by atoms with van der Waals surface area (Å²) in [6.07, 6.45) is 0. The summed E-state index contributed by atoms with van der Waals surface area (Å²) in [5.74, 6) is 0. The molecule has 8 rings (SSSR count). The Morgan fingerprint density at radius 1 is 0.413 bits per heavy atom. The lowest BCUT2D eigenvalue weighted by Crippen LogP contribution is -2.74. The van der Waals surface area contributed by atoms with Gasteiger partial charge in [0.25, 0.3) is 0 Å². The first kappa shape index (κ1) is 27.6. The number of hydrogen-bond donors (Lipinski definition) is 0. The number of para-hydroxylation sites is 2. The van der Waals surface area contributed by atoms with E-state index < -0.39 is 8.07 Å². The Morgan fingerprint density at radius 3 is 1.39 bits per heavy atom. The number of benzene rings is 7. The average Bonchev–Trinajstić information content (AvgIpc) is 3.47. The van der Waals surface area contributed by atoms with Crippen LogP contribution in [0.1, 0.15) is 5.56 Å². The largest absolute Gasteiger partial charge is 0.308 e. The quantitative estimate of drug-likeness (QED) is 0.142. The van der Waals surface area contributed by atoms with Crippen LogP contribution in [-0.2, 0) is 0 Å². The maximum absolute atomic E-state index is 10.3. The summed E-state index contributed by atoms with van der Waals surface area (Å²) in [5, 5.41) is 18.0. The van der Waals surface area contributed by atoms with Gasteiger partial charge in [-0.05, 0) is 56.1 Å². The third-order valence-corrected chi connectivity index (χ3v) is 14.0. The Kier molecular flexibility index (Phi) is 6.91. The smallest absolute Gasteiger partial charge is 0.179 e. The molecule has 0 bridgehead atoms. The minimum absolute atomic E-state index is 0.646. The molecule has 0 radical (unpaired) electrons. The topological polar surface area (TPSA) is 28.7 Å². The van der Waals surface area contributed by atoms with Gasteiger partial charge >= 0.3 is 0 Å². The van der Waals surface area contributed by atoms with Crippen LogP contribution in [0.3, 0.4) is 0 Å². The molecule has 2 nitrogen and oxygen atoms in total. The number of rotatable bonds is 6. The Bertz CT molecular complexity index is 2220. The molecule has 0 saturated carbocycles. The van der Waals surface area contributed by atoms with Crippen molar-refractivity contribution < 1.29 is 0 Å². The number of nitriles is 1. The lowest BCUT2D eigenvalue weighted by Gasteiger charge is -2.34. The maximum Gasteiger partial charge on any atom is 0.179 e. The zero-order chi connectivity index (χ0) is 30.9. The highest BCUT2D eigenvalue weighted by Crippen LogP contribution is 2.34. The van der Waals surface area contributed by atoms with Crippen LogP contribution in [0.5, 0.6) is 0 Å². The number of nitrogens with zero attached hydrogens (tertiary/aromatic N) is 2. The van der Waals surface area contributed by atoms with E-state index in [2.05, 4.69) is 187 Å². The van der Waals surface area contributed by atoms with Gasteiger partial charge in [0.2, 0.25) is 0 Å². The molecule has 46 heavy (non-hydrogen) atoms. The third kappa shape index (κ3) is 4.39. The van der Waals surface area contributed by atoms with E-state index in [-0.39, 0.29) is 0 Å². The van der Waals surface area contributed by atoms with Gasteiger partial charge in [0.1, 0.15) is 6.07 Å². The zero-order valence-corrected chi connectivity index (χ0v) is 26.2. The molecule has 0 aliphatic carbocycles. The van der Waals surface area contributed by atoms with E-state index in [9.17, 15) is 5.26 Å². The van der Waals surface area contributed by atoms with E-state index in [0.29, 0.717) is 5.56 Å². The van der Waals surface area contributed by atoms with E-state index in [0.717, 1.165) is 27.8 Å². The lowest BCUT2D eigenvalue weighted by molar-refractivity contribution is 1.17. The molecular weight excluding hydrogens is 573 g/mol. The first-order valence-electron chi connectivity index (χ1n) is 15.6. The van der Waals surface area contributed by atoms with E-state index in [4.69, 9.17) is 0 Å². The van der Waals surface area contributed by atoms with Gasteiger partial charge in [0.05, 0.1) is 22.3 Å². The lowest BCUT2D eigenvalue weighted by atomic mass is 10.0. The molecule has 0 amide bonds. The first-order valence-corrected chi connectivity index (χ1v) is 17.6. The molecular formula is C43H30N2Si. The fourth-order valence-corrected chi connectivity index (χ4v) is 12.0. The molecule has 0 fully saturated rings. The molecule has 7 aromatic carbocycles. The summed E-state index contributed by atoms with van der Waals surface area (Å²) < 4.78 is 2.24. The van der Waals surface area contributed by atoms with Gasteiger partial charge in [0, 0.05) is 10.8 Å². The van der Waals surface area contributed by atoms with E-state index in [1.165, 1.54) is 31.5 Å². The standard InChI is InChI=1S/C43H30N2Si/c44-31-34-28-27-33(30-43(34)45-41-25-12-10-23-39(41)40-24-11-13-26-42(40)45)32-15-14-22-38(29-32)46(35-16-4-1-5-17-35,36-18-6-2-7-19-36)37-20-8-3-9-21-37/h1-30H. The molecule has 0 saturated heterocycles. The number of fused-ring (bicyclic) bond motifs is 3. The molecule has 8 aromatic rings. The van der Waals surface area contributed by atoms with Gasteiger partial charge in [-0.2, -0.15) is 5.26 Å². The van der Waals surface area contributed by atoms with Crippen LogP contribution in [0.2, 0.25) is 0 Å². The SMILES string of the molecule is N#Cc1ccc(-c2cccc([Si](c3ccccc3)(c3ccccc3)c3ccccc3)c2)cc1-n1c2ccccc2c2ccccc21. The number of aromatic nitrogens is 1. The fraction of sp³-hybridized carbons (Fsp3) is 0. The van der Waals surface area contributed by atoms with Crippen LogP contribution in [0.25, 0.3) is 38.6 Å². The van der Waals surface area contributed by atoms with Crippen LogP contribution in [0.15, 0.2) is 182 Å². The molecule has 0 N–H and O–H groups in total. The van der Waals surface area contributed by atoms with Gasteiger partial charge in [0.15, 0.2) is 8.07 Å². The fourth-order valence-electron chi connectivity index (χ4n) is 7.17. The highest BCUT2D eigenvalue weighted by molar-refractivity contribution is 7.19. The highest BCUT2D eigenvalue weighted by Gasteiger charge is 2.41. The first-order chi connectivity index (χ1) is 22.8. The van der Waals surface area contributed by atoms with Crippen molar-refractivity contribution in [3.05, 3.63) is 188 Å². The van der Waals surface area contributed by atoms with E-state index >= 15 is 0 Å².